The van der Waals surface area contributed by atoms with Crippen LogP contribution in [0.25, 0.3) is 16.9 Å². The third kappa shape index (κ3) is 2.95. The van der Waals surface area contributed by atoms with Gasteiger partial charge in [0.05, 0.1) is 11.3 Å². The molecule has 4 heteroatoms. The molecule has 3 rings (SSSR count). The molecular weight excluding hydrogens is 298 g/mol. The zero-order valence-corrected chi connectivity index (χ0v) is 14.2. The highest BCUT2D eigenvalue weighted by Gasteiger charge is 2.21. The fraction of sp³-hybridized carbons (Fsp3) is 0.200. The van der Waals surface area contributed by atoms with Gasteiger partial charge in [-0.15, -0.1) is 0 Å². The average molecular weight is 319 g/mol. The molecule has 0 atom stereocenters. The molecule has 0 aliphatic carbocycles. The Hall–Kier alpha value is -2.88. The summed E-state index contributed by atoms with van der Waals surface area (Å²) < 4.78 is 1.78. The van der Waals surface area contributed by atoms with E-state index in [1.54, 1.807) is 9.58 Å². The first-order valence-corrected chi connectivity index (χ1v) is 8.08. The number of hydrogen-bond donors (Lipinski definition) is 0. The molecule has 0 bridgehead atoms. The number of para-hydroxylation sites is 1. The number of carbonyl (C=O) groups excluding carboxylic acids is 1. The molecule has 1 heterocycles. The van der Waals surface area contributed by atoms with Crippen molar-refractivity contribution in [3.63, 3.8) is 0 Å². The van der Waals surface area contributed by atoms with E-state index in [1.165, 1.54) is 0 Å². The summed E-state index contributed by atoms with van der Waals surface area (Å²) in [5.74, 6) is -0.0158. The Kier molecular flexibility index (Phi) is 4.47. The predicted octanol–water partition coefficient (Wildman–Crippen LogP) is 3.94. The molecule has 0 aliphatic rings. The van der Waals surface area contributed by atoms with E-state index in [9.17, 15) is 4.79 Å². The molecule has 4 nitrogen and oxygen atoms in total. The SMILES string of the molecule is CCN(C)C(=O)c1cn(-c2ccccc2)nc1-c1ccccc1C. The molecule has 0 radical (unpaired) electrons. The predicted molar refractivity (Wildman–Crippen MR) is 96.4 cm³/mol. The van der Waals surface area contributed by atoms with Crippen LogP contribution in [-0.2, 0) is 0 Å². The van der Waals surface area contributed by atoms with Crippen molar-refractivity contribution in [3.8, 4) is 16.9 Å². The summed E-state index contributed by atoms with van der Waals surface area (Å²) in [5.41, 5.74) is 4.37. The lowest BCUT2D eigenvalue weighted by Gasteiger charge is -2.14. The van der Waals surface area contributed by atoms with Crippen LogP contribution in [0, 0.1) is 6.92 Å². The van der Waals surface area contributed by atoms with Crippen LogP contribution in [0.1, 0.15) is 22.8 Å². The van der Waals surface area contributed by atoms with Gasteiger partial charge in [-0.05, 0) is 31.5 Å². The first-order chi connectivity index (χ1) is 11.6. The maximum absolute atomic E-state index is 12.8. The molecule has 2 aromatic carbocycles. The summed E-state index contributed by atoms with van der Waals surface area (Å²) in [6.07, 6.45) is 1.82. The normalized spacial score (nSPS) is 10.6. The third-order valence-corrected chi connectivity index (χ3v) is 4.19. The maximum atomic E-state index is 12.8. The van der Waals surface area contributed by atoms with Gasteiger partial charge in [-0.3, -0.25) is 4.79 Å². The van der Waals surface area contributed by atoms with Crippen LogP contribution in [0.15, 0.2) is 60.8 Å². The monoisotopic (exact) mass is 319 g/mol. The lowest BCUT2D eigenvalue weighted by molar-refractivity contribution is 0.0803. The highest BCUT2D eigenvalue weighted by molar-refractivity contribution is 6.00. The molecule has 0 N–H and O–H groups in total. The second-order valence-electron chi connectivity index (χ2n) is 5.81. The lowest BCUT2D eigenvalue weighted by atomic mass is 10.0. The van der Waals surface area contributed by atoms with Gasteiger partial charge >= 0.3 is 0 Å². The molecule has 0 saturated carbocycles. The molecule has 3 aromatic rings. The lowest BCUT2D eigenvalue weighted by Crippen LogP contribution is -2.26. The van der Waals surface area contributed by atoms with Crippen LogP contribution >= 0.6 is 0 Å². The maximum Gasteiger partial charge on any atom is 0.257 e. The van der Waals surface area contributed by atoms with Crippen molar-refractivity contribution in [3.05, 3.63) is 71.9 Å². The molecule has 0 aliphatic heterocycles. The van der Waals surface area contributed by atoms with E-state index in [0.717, 1.165) is 22.5 Å². The molecule has 1 amide bonds. The van der Waals surface area contributed by atoms with Crippen molar-refractivity contribution < 1.29 is 4.79 Å². The zero-order chi connectivity index (χ0) is 17.1. The van der Waals surface area contributed by atoms with E-state index in [0.29, 0.717) is 12.1 Å². The topological polar surface area (TPSA) is 38.1 Å². The minimum absolute atomic E-state index is 0.0158. The Labute approximate surface area is 142 Å². The fourth-order valence-corrected chi connectivity index (χ4v) is 2.63. The van der Waals surface area contributed by atoms with Crippen LogP contribution in [0.3, 0.4) is 0 Å². The first-order valence-electron chi connectivity index (χ1n) is 8.08. The number of rotatable bonds is 4. The average Bonchev–Trinajstić information content (AvgIpc) is 3.06. The van der Waals surface area contributed by atoms with Crippen molar-refractivity contribution in [1.82, 2.24) is 14.7 Å². The van der Waals surface area contributed by atoms with Gasteiger partial charge in [0.1, 0.15) is 5.69 Å². The van der Waals surface area contributed by atoms with Gasteiger partial charge < -0.3 is 4.90 Å². The van der Waals surface area contributed by atoms with Crippen LogP contribution in [0.5, 0.6) is 0 Å². The number of aromatic nitrogens is 2. The Bertz CT molecular complexity index is 852. The van der Waals surface area contributed by atoms with Crippen LogP contribution < -0.4 is 0 Å². The van der Waals surface area contributed by atoms with Crippen LogP contribution in [0.2, 0.25) is 0 Å². The number of amides is 1. The number of nitrogens with zero attached hydrogens (tertiary/aromatic N) is 3. The first kappa shape index (κ1) is 16.0. The van der Waals surface area contributed by atoms with Gasteiger partial charge in [0.25, 0.3) is 5.91 Å². The van der Waals surface area contributed by atoms with Crippen molar-refractivity contribution in [1.29, 1.82) is 0 Å². The largest absolute Gasteiger partial charge is 0.342 e. The van der Waals surface area contributed by atoms with Gasteiger partial charge in [0, 0.05) is 25.4 Å². The summed E-state index contributed by atoms with van der Waals surface area (Å²) in [7, 11) is 1.81. The minimum atomic E-state index is -0.0158. The Morgan fingerprint density at radius 1 is 1.08 bits per heavy atom. The Morgan fingerprint density at radius 2 is 1.75 bits per heavy atom. The number of benzene rings is 2. The van der Waals surface area contributed by atoms with Gasteiger partial charge in [0.15, 0.2) is 0 Å². The number of carbonyl (C=O) groups is 1. The number of hydrogen-bond acceptors (Lipinski definition) is 2. The van der Waals surface area contributed by atoms with E-state index in [-0.39, 0.29) is 5.91 Å². The molecule has 0 fully saturated rings. The summed E-state index contributed by atoms with van der Waals surface area (Å²) >= 11 is 0. The van der Waals surface area contributed by atoms with E-state index < -0.39 is 0 Å². The molecule has 0 unspecified atom stereocenters. The second kappa shape index (κ2) is 6.71. The summed E-state index contributed by atoms with van der Waals surface area (Å²) in [5, 5.41) is 4.72. The van der Waals surface area contributed by atoms with E-state index in [4.69, 9.17) is 5.10 Å². The molecule has 1 aromatic heterocycles. The van der Waals surface area contributed by atoms with Gasteiger partial charge in [-0.2, -0.15) is 5.10 Å². The van der Waals surface area contributed by atoms with Crippen molar-refractivity contribution in [2.75, 3.05) is 13.6 Å². The van der Waals surface area contributed by atoms with Crippen molar-refractivity contribution >= 4 is 5.91 Å². The minimum Gasteiger partial charge on any atom is -0.342 e. The summed E-state index contributed by atoms with van der Waals surface area (Å²) in [6.45, 7) is 4.66. The van der Waals surface area contributed by atoms with Crippen LogP contribution in [-0.4, -0.2) is 34.2 Å². The quantitative estimate of drug-likeness (QED) is 0.730. The molecule has 24 heavy (non-hydrogen) atoms. The van der Waals surface area contributed by atoms with E-state index in [1.807, 2.05) is 81.7 Å². The smallest absolute Gasteiger partial charge is 0.257 e. The highest BCUT2D eigenvalue weighted by atomic mass is 16.2. The molecule has 0 saturated heterocycles. The van der Waals surface area contributed by atoms with E-state index in [2.05, 4.69) is 0 Å². The second-order valence-corrected chi connectivity index (χ2v) is 5.81. The summed E-state index contributed by atoms with van der Waals surface area (Å²) in [4.78, 5) is 14.5. The van der Waals surface area contributed by atoms with Gasteiger partial charge in [-0.1, -0.05) is 42.5 Å². The van der Waals surface area contributed by atoms with Crippen LogP contribution in [0.4, 0.5) is 0 Å². The number of aryl methyl sites for hydroxylation is 1. The van der Waals surface area contributed by atoms with Crippen molar-refractivity contribution in [2.24, 2.45) is 0 Å². The molecular formula is C20H21N3O. The fourth-order valence-electron chi connectivity index (χ4n) is 2.63. The van der Waals surface area contributed by atoms with Gasteiger partial charge in [-0.25, -0.2) is 4.68 Å². The van der Waals surface area contributed by atoms with E-state index >= 15 is 0 Å². The molecule has 0 spiro atoms. The molecule has 122 valence electrons. The Balaban J connectivity index is 2.17. The summed E-state index contributed by atoms with van der Waals surface area (Å²) in [6, 6.07) is 17.9. The third-order valence-electron chi connectivity index (χ3n) is 4.19. The Morgan fingerprint density at radius 3 is 2.42 bits per heavy atom. The van der Waals surface area contributed by atoms with Crippen molar-refractivity contribution in [2.45, 2.75) is 13.8 Å². The standard InChI is InChI=1S/C20H21N3O/c1-4-22(3)20(24)18-14-23(16-11-6-5-7-12-16)21-19(18)17-13-9-8-10-15(17)2/h5-14H,4H2,1-3H3. The zero-order valence-electron chi connectivity index (χ0n) is 14.2. The highest BCUT2D eigenvalue weighted by Crippen LogP contribution is 2.27. The van der Waals surface area contributed by atoms with Gasteiger partial charge in [0.2, 0.25) is 0 Å².